The summed E-state index contributed by atoms with van der Waals surface area (Å²) in [5.74, 6) is 0.374. The smallest absolute Gasteiger partial charge is 0.167 e. The Labute approximate surface area is 101 Å². The van der Waals surface area contributed by atoms with Crippen molar-refractivity contribution in [1.29, 1.82) is 0 Å². The molecule has 0 heterocycles. The molecule has 0 saturated heterocycles. The van der Waals surface area contributed by atoms with E-state index in [9.17, 15) is 4.79 Å². The highest BCUT2D eigenvalue weighted by molar-refractivity contribution is 6.31. The second kappa shape index (κ2) is 4.56. The molecule has 1 unspecified atom stereocenters. The number of benzene rings is 1. The third-order valence-corrected chi connectivity index (χ3v) is 3.29. The zero-order valence-corrected chi connectivity index (χ0v) is 10.4. The Morgan fingerprint density at radius 3 is 2.88 bits per heavy atom. The number of hydrogen-bond acceptors (Lipinski definition) is 2. The molecule has 0 N–H and O–H groups in total. The van der Waals surface area contributed by atoms with E-state index >= 15 is 0 Å². The maximum absolute atomic E-state index is 12.2. The Morgan fingerprint density at radius 1 is 1.44 bits per heavy atom. The van der Waals surface area contributed by atoms with E-state index in [0.717, 1.165) is 30.5 Å². The van der Waals surface area contributed by atoms with Crippen molar-refractivity contribution in [3.63, 3.8) is 0 Å². The number of carbonyl (C=O) groups is 1. The van der Waals surface area contributed by atoms with Crippen molar-refractivity contribution >= 4 is 17.4 Å². The highest BCUT2D eigenvalue weighted by Gasteiger charge is 2.27. The molecular formula is C13H16ClNO. The SMILES string of the molecule is CN(C)CC1CCc2ccc(Cl)cc2C1=O. The van der Waals surface area contributed by atoms with Gasteiger partial charge in [0.25, 0.3) is 0 Å². The Balaban J connectivity index is 2.27. The maximum atomic E-state index is 12.2. The second-order valence-corrected chi connectivity index (χ2v) is 5.10. The molecule has 0 fully saturated rings. The van der Waals surface area contributed by atoms with E-state index < -0.39 is 0 Å². The van der Waals surface area contributed by atoms with Gasteiger partial charge in [0.2, 0.25) is 0 Å². The minimum Gasteiger partial charge on any atom is -0.309 e. The van der Waals surface area contributed by atoms with Crippen LogP contribution in [0.25, 0.3) is 0 Å². The minimum atomic E-state index is 0.126. The third kappa shape index (κ3) is 2.28. The summed E-state index contributed by atoms with van der Waals surface area (Å²) in [5, 5.41) is 0.651. The highest BCUT2D eigenvalue weighted by atomic mass is 35.5. The van der Waals surface area contributed by atoms with Crippen molar-refractivity contribution < 1.29 is 4.79 Å². The van der Waals surface area contributed by atoms with E-state index in [0.29, 0.717) is 5.02 Å². The van der Waals surface area contributed by atoms with Gasteiger partial charge in [0.1, 0.15) is 0 Å². The van der Waals surface area contributed by atoms with Gasteiger partial charge in [-0.15, -0.1) is 0 Å². The lowest BCUT2D eigenvalue weighted by Gasteiger charge is -2.25. The summed E-state index contributed by atoms with van der Waals surface area (Å²) in [5.41, 5.74) is 1.97. The van der Waals surface area contributed by atoms with Gasteiger partial charge in [0.05, 0.1) is 0 Å². The molecule has 0 bridgehead atoms. The molecule has 16 heavy (non-hydrogen) atoms. The Bertz CT molecular complexity index is 414. The average molecular weight is 238 g/mol. The fourth-order valence-electron chi connectivity index (χ4n) is 2.29. The zero-order valence-electron chi connectivity index (χ0n) is 9.66. The first-order chi connectivity index (χ1) is 7.58. The van der Waals surface area contributed by atoms with Crippen LogP contribution >= 0.6 is 11.6 Å². The van der Waals surface area contributed by atoms with Crippen LogP contribution < -0.4 is 0 Å². The van der Waals surface area contributed by atoms with Gasteiger partial charge in [-0.2, -0.15) is 0 Å². The number of hydrogen-bond donors (Lipinski definition) is 0. The summed E-state index contributed by atoms with van der Waals surface area (Å²) in [7, 11) is 4.00. The number of aryl methyl sites for hydroxylation is 1. The second-order valence-electron chi connectivity index (χ2n) is 4.66. The van der Waals surface area contributed by atoms with E-state index in [1.165, 1.54) is 0 Å². The number of ketones is 1. The van der Waals surface area contributed by atoms with Crippen LogP contribution in [0.15, 0.2) is 18.2 Å². The fourth-order valence-corrected chi connectivity index (χ4v) is 2.46. The summed E-state index contributed by atoms with van der Waals surface area (Å²) in [6.07, 6.45) is 1.93. The number of fused-ring (bicyclic) bond motifs is 1. The summed E-state index contributed by atoms with van der Waals surface area (Å²) in [4.78, 5) is 14.3. The molecule has 1 atom stereocenters. The van der Waals surface area contributed by atoms with Crippen LogP contribution in [-0.4, -0.2) is 31.3 Å². The Hall–Kier alpha value is -0.860. The molecule has 0 saturated carbocycles. The monoisotopic (exact) mass is 237 g/mol. The first kappa shape index (κ1) is 11.6. The van der Waals surface area contributed by atoms with Crippen molar-refractivity contribution in [2.45, 2.75) is 12.8 Å². The molecule has 0 spiro atoms. The number of rotatable bonds is 2. The van der Waals surface area contributed by atoms with E-state index in [1.54, 1.807) is 6.07 Å². The maximum Gasteiger partial charge on any atom is 0.167 e. The molecular weight excluding hydrogens is 222 g/mol. The zero-order chi connectivity index (χ0) is 11.7. The predicted octanol–water partition coefficient (Wildman–Crippen LogP) is 2.65. The van der Waals surface area contributed by atoms with Gasteiger partial charge in [-0.05, 0) is 44.6 Å². The molecule has 3 heteroatoms. The lowest BCUT2D eigenvalue weighted by atomic mass is 9.82. The molecule has 0 aliphatic heterocycles. The molecule has 86 valence electrons. The molecule has 0 radical (unpaired) electrons. The molecule has 1 aromatic carbocycles. The van der Waals surface area contributed by atoms with Crippen molar-refractivity contribution in [3.05, 3.63) is 34.3 Å². The van der Waals surface area contributed by atoms with Crippen LogP contribution in [0.1, 0.15) is 22.3 Å². The van der Waals surface area contributed by atoms with Crippen LogP contribution in [0.5, 0.6) is 0 Å². The number of carbonyl (C=O) groups excluding carboxylic acids is 1. The molecule has 0 aromatic heterocycles. The molecule has 1 aliphatic rings. The van der Waals surface area contributed by atoms with E-state index in [4.69, 9.17) is 11.6 Å². The van der Waals surface area contributed by atoms with Crippen molar-refractivity contribution in [3.8, 4) is 0 Å². The predicted molar refractivity (Wildman–Crippen MR) is 66.1 cm³/mol. The Kier molecular flexibility index (Phi) is 3.31. The Morgan fingerprint density at radius 2 is 2.19 bits per heavy atom. The standard InChI is InChI=1S/C13H16ClNO/c1-15(2)8-10-4-3-9-5-6-11(14)7-12(9)13(10)16/h5-7,10H,3-4,8H2,1-2H3. The first-order valence-corrected chi connectivity index (χ1v) is 5.93. The van der Waals surface area contributed by atoms with Crippen LogP contribution in [0.2, 0.25) is 5.02 Å². The highest BCUT2D eigenvalue weighted by Crippen LogP contribution is 2.28. The molecule has 1 aliphatic carbocycles. The number of Topliss-reactive ketones (excluding diaryl/α,β-unsaturated/α-hetero) is 1. The van der Waals surface area contributed by atoms with Crippen molar-refractivity contribution in [1.82, 2.24) is 4.90 Å². The fraction of sp³-hybridized carbons (Fsp3) is 0.462. The van der Waals surface area contributed by atoms with Crippen LogP contribution in [-0.2, 0) is 6.42 Å². The van der Waals surface area contributed by atoms with Crippen LogP contribution in [0.4, 0.5) is 0 Å². The van der Waals surface area contributed by atoms with Gasteiger partial charge in [-0.25, -0.2) is 0 Å². The molecule has 1 aromatic rings. The van der Waals surface area contributed by atoms with Crippen molar-refractivity contribution in [2.75, 3.05) is 20.6 Å². The van der Waals surface area contributed by atoms with Gasteiger partial charge in [-0.1, -0.05) is 17.7 Å². The summed E-state index contributed by atoms with van der Waals surface area (Å²) in [6.45, 7) is 0.824. The normalized spacial score (nSPS) is 20.0. The lowest BCUT2D eigenvalue weighted by molar-refractivity contribution is 0.0877. The van der Waals surface area contributed by atoms with E-state index in [2.05, 4.69) is 4.90 Å². The van der Waals surface area contributed by atoms with Gasteiger partial charge in [-0.3, -0.25) is 4.79 Å². The average Bonchev–Trinajstić information content (AvgIpc) is 2.22. The quantitative estimate of drug-likeness (QED) is 0.788. The summed E-state index contributed by atoms with van der Waals surface area (Å²) in [6, 6.07) is 5.64. The van der Waals surface area contributed by atoms with Crippen LogP contribution in [0, 0.1) is 5.92 Å². The van der Waals surface area contributed by atoms with E-state index in [1.807, 2.05) is 26.2 Å². The minimum absolute atomic E-state index is 0.126. The summed E-state index contributed by atoms with van der Waals surface area (Å²) >= 11 is 5.93. The first-order valence-electron chi connectivity index (χ1n) is 5.55. The molecule has 0 amide bonds. The van der Waals surface area contributed by atoms with Crippen LogP contribution in [0.3, 0.4) is 0 Å². The summed E-state index contributed by atoms with van der Waals surface area (Å²) < 4.78 is 0. The topological polar surface area (TPSA) is 20.3 Å². The van der Waals surface area contributed by atoms with Gasteiger partial charge >= 0.3 is 0 Å². The van der Waals surface area contributed by atoms with Crippen molar-refractivity contribution in [2.24, 2.45) is 5.92 Å². The lowest BCUT2D eigenvalue weighted by Crippen LogP contribution is -2.31. The van der Waals surface area contributed by atoms with Gasteiger partial charge in [0, 0.05) is 23.0 Å². The van der Waals surface area contributed by atoms with Gasteiger partial charge < -0.3 is 4.90 Å². The third-order valence-electron chi connectivity index (χ3n) is 3.06. The number of halogens is 1. The van der Waals surface area contributed by atoms with Gasteiger partial charge in [0.15, 0.2) is 5.78 Å². The molecule has 2 nitrogen and oxygen atoms in total. The largest absolute Gasteiger partial charge is 0.309 e. The van der Waals surface area contributed by atoms with E-state index in [-0.39, 0.29) is 11.7 Å². The molecule has 2 rings (SSSR count). The number of nitrogens with zero attached hydrogens (tertiary/aromatic N) is 1.